The highest BCUT2D eigenvalue weighted by Gasteiger charge is 2.27. The van der Waals surface area contributed by atoms with Gasteiger partial charge in [-0.15, -0.1) is 0 Å². The van der Waals surface area contributed by atoms with Crippen molar-refractivity contribution in [3.63, 3.8) is 0 Å². The van der Waals surface area contributed by atoms with E-state index in [1.54, 1.807) is 0 Å². The second-order valence-corrected chi connectivity index (χ2v) is 18.6. The minimum atomic E-state index is 0.904. The number of imidazole rings is 1. The number of nitrogens with zero attached hydrogens (tertiary/aromatic N) is 3. The molecule has 15 rings (SSSR count). The van der Waals surface area contributed by atoms with Crippen LogP contribution in [0.5, 0.6) is 0 Å². The Bertz CT molecular complexity index is 4390. The Morgan fingerprint density at radius 1 is 0.348 bits per heavy atom. The molecule has 5 heteroatoms. The van der Waals surface area contributed by atoms with Gasteiger partial charge in [0.2, 0.25) is 0 Å². The van der Waals surface area contributed by atoms with E-state index in [1.165, 1.54) is 75.4 Å². The van der Waals surface area contributed by atoms with Gasteiger partial charge in [-0.05, 0) is 151 Å². The van der Waals surface area contributed by atoms with Crippen molar-refractivity contribution in [1.29, 1.82) is 0 Å². The maximum absolute atomic E-state index is 6.34. The fraction of sp³-hybridized carbons (Fsp3) is 0. The number of pyridine rings is 1. The molecule has 14 aromatic rings. The molecular weight excluding hydrogens is 823 g/mol. The highest BCUT2D eigenvalue weighted by Crippen LogP contribution is 2.55. The summed E-state index contributed by atoms with van der Waals surface area (Å²) in [5.74, 6) is 0. The summed E-state index contributed by atoms with van der Waals surface area (Å²) in [6.45, 7) is 0. The molecule has 0 fully saturated rings. The van der Waals surface area contributed by atoms with Gasteiger partial charge in [0.15, 0.2) is 0 Å². The van der Waals surface area contributed by atoms with Crippen molar-refractivity contribution in [2.24, 2.45) is 0 Å². The molecule has 0 aliphatic carbocycles. The van der Waals surface area contributed by atoms with E-state index >= 15 is 0 Å². The van der Waals surface area contributed by atoms with Crippen molar-refractivity contribution >= 4 is 121 Å². The van der Waals surface area contributed by atoms with E-state index in [1.807, 2.05) is 23.9 Å². The van der Waals surface area contributed by atoms with Gasteiger partial charge in [0.1, 0.15) is 16.8 Å². The molecule has 0 saturated heterocycles. The highest BCUT2D eigenvalue weighted by atomic mass is 32.2. The third-order valence-electron chi connectivity index (χ3n) is 13.9. The average molecular weight is 858 g/mol. The van der Waals surface area contributed by atoms with Gasteiger partial charge in [0.25, 0.3) is 0 Å². The van der Waals surface area contributed by atoms with E-state index in [0.717, 1.165) is 66.3 Å². The minimum Gasteiger partial charge on any atom is -0.456 e. The second kappa shape index (κ2) is 13.6. The molecule has 4 heterocycles. The van der Waals surface area contributed by atoms with E-state index in [-0.39, 0.29) is 0 Å². The maximum Gasteiger partial charge on any atom is 0.146 e. The fourth-order valence-electron chi connectivity index (χ4n) is 10.9. The van der Waals surface area contributed by atoms with Crippen LogP contribution < -0.4 is 4.90 Å². The van der Waals surface area contributed by atoms with Gasteiger partial charge in [-0.2, -0.15) is 0 Å². The predicted octanol–water partition coefficient (Wildman–Crippen LogP) is 17.4. The van der Waals surface area contributed by atoms with Crippen LogP contribution in [0.4, 0.5) is 17.1 Å². The smallest absolute Gasteiger partial charge is 0.146 e. The van der Waals surface area contributed by atoms with Crippen LogP contribution in [0.25, 0.3) is 115 Å². The molecule has 3 aromatic heterocycles. The van der Waals surface area contributed by atoms with Crippen molar-refractivity contribution < 1.29 is 4.42 Å². The molecule has 0 radical (unpaired) electrons. The SMILES string of the molecule is c1ccc(N2c3ccc(-c4ccc5c(c4)oc4ccccc45)cc3Sc3cc4c5cc(-c6ccc7c(c6)c6ccccc6n6c8ccccc8nc76)ccc5c5ccccc5c4cc32)cc1. The molecule has 0 unspecified atom stereocenters. The van der Waals surface area contributed by atoms with E-state index in [4.69, 9.17) is 9.40 Å². The molecule has 4 nitrogen and oxygen atoms in total. The van der Waals surface area contributed by atoms with Crippen molar-refractivity contribution in [1.82, 2.24) is 9.38 Å². The van der Waals surface area contributed by atoms with Crippen molar-refractivity contribution in [3.8, 4) is 22.3 Å². The van der Waals surface area contributed by atoms with Crippen molar-refractivity contribution in [2.75, 3.05) is 4.90 Å². The van der Waals surface area contributed by atoms with Crippen LogP contribution >= 0.6 is 11.8 Å². The summed E-state index contributed by atoms with van der Waals surface area (Å²) in [4.78, 5) is 10.0. The number of benzene rings is 11. The first-order valence-electron chi connectivity index (χ1n) is 22.4. The summed E-state index contributed by atoms with van der Waals surface area (Å²) in [6.07, 6.45) is 0. The second-order valence-electron chi connectivity index (χ2n) is 17.5. The van der Waals surface area contributed by atoms with Crippen LogP contribution in [-0.2, 0) is 0 Å². The van der Waals surface area contributed by atoms with Gasteiger partial charge in [-0.25, -0.2) is 4.98 Å². The lowest BCUT2D eigenvalue weighted by Crippen LogP contribution is -2.15. The van der Waals surface area contributed by atoms with Gasteiger partial charge < -0.3 is 9.32 Å². The molecule has 0 atom stereocenters. The van der Waals surface area contributed by atoms with Crippen LogP contribution in [0.2, 0.25) is 0 Å². The summed E-state index contributed by atoms with van der Waals surface area (Å²) in [6, 6.07) is 77.5. The van der Waals surface area contributed by atoms with Gasteiger partial charge >= 0.3 is 0 Å². The van der Waals surface area contributed by atoms with E-state index < -0.39 is 0 Å². The number of anilines is 3. The highest BCUT2D eigenvalue weighted by molar-refractivity contribution is 7.99. The van der Waals surface area contributed by atoms with E-state index in [9.17, 15) is 0 Å². The zero-order valence-electron chi connectivity index (χ0n) is 35.4. The van der Waals surface area contributed by atoms with Gasteiger partial charge in [0.05, 0.1) is 27.9 Å². The third-order valence-corrected chi connectivity index (χ3v) is 15.0. The molecule has 1 aliphatic heterocycles. The quantitative estimate of drug-likeness (QED) is 0.166. The first-order valence-corrected chi connectivity index (χ1v) is 23.2. The summed E-state index contributed by atoms with van der Waals surface area (Å²) in [5.41, 5.74) is 14.2. The van der Waals surface area contributed by atoms with Crippen LogP contribution in [0, 0.1) is 0 Å². The van der Waals surface area contributed by atoms with Crippen LogP contribution in [0.3, 0.4) is 0 Å². The third kappa shape index (κ3) is 5.14. The lowest BCUT2D eigenvalue weighted by Gasteiger charge is -2.34. The van der Waals surface area contributed by atoms with E-state index in [0.29, 0.717) is 0 Å². The molecule has 0 N–H and O–H groups in total. The Labute approximate surface area is 382 Å². The first kappa shape index (κ1) is 36.0. The Kier molecular flexibility index (Phi) is 7.40. The summed E-state index contributed by atoms with van der Waals surface area (Å²) in [7, 11) is 0. The largest absolute Gasteiger partial charge is 0.456 e. The van der Waals surface area contributed by atoms with Crippen molar-refractivity contribution in [2.45, 2.75) is 9.79 Å². The summed E-state index contributed by atoms with van der Waals surface area (Å²) < 4.78 is 8.65. The van der Waals surface area contributed by atoms with Gasteiger partial charge in [-0.3, -0.25) is 4.40 Å². The molecule has 0 bridgehead atoms. The number of hydrogen-bond acceptors (Lipinski definition) is 4. The number of hydrogen-bond donors (Lipinski definition) is 0. The molecule has 0 amide bonds. The summed E-state index contributed by atoms with van der Waals surface area (Å²) in [5, 5.41) is 13.3. The van der Waals surface area contributed by atoms with E-state index in [2.05, 4.69) is 209 Å². The molecule has 0 spiro atoms. The normalized spacial score (nSPS) is 12.8. The molecule has 11 aromatic carbocycles. The molecule has 1 aliphatic rings. The summed E-state index contributed by atoms with van der Waals surface area (Å²) >= 11 is 1.86. The van der Waals surface area contributed by atoms with Gasteiger partial charge in [-0.1, -0.05) is 133 Å². The lowest BCUT2D eigenvalue weighted by atomic mass is 9.91. The van der Waals surface area contributed by atoms with Crippen LogP contribution in [0.15, 0.2) is 227 Å². The standard InChI is InChI=1S/C61H35N3OS/c1-2-12-40(13-3-1)63-55-29-25-39(38-23-27-46-45-17-7-11-21-57(45)65-58(46)32-38)33-59(55)66-60-35-51-48-30-36(22-26-43(48)41-14-4-5-15-42(41)50(51)34-56(60)63)37-24-28-47-49(31-37)44-16-6-9-19-53(44)64-54-20-10-8-18-52(54)62-61(47)64/h1-35H. The molecular formula is C61H35N3OS. The Morgan fingerprint density at radius 2 is 0.894 bits per heavy atom. The molecule has 0 saturated carbocycles. The first-order chi connectivity index (χ1) is 32.7. The maximum atomic E-state index is 6.34. The lowest BCUT2D eigenvalue weighted by molar-refractivity contribution is 0.669. The number of rotatable bonds is 3. The zero-order chi connectivity index (χ0) is 43.0. The topological polar surface area (TPSA) is 33.7 Å². The van der Waals surface area contributed by atoms with Crippen LogP contribution in [0.1, 0.15) is 0 Å². The average Bonchev–Trinajstić information content (AvgIpc) is 3.96. The number of fused-ring (bicyclic) bond motifs is 19. The number of furan rings is 1. The number of para-hydroxylation sites is 5. The fourth-order valence-corrected chi connectivity index (χ4v) is 12.0. The van der Waals surface area contributed by atoms with Crippen molar-refractivity contribution in [3.05, 3.63) is 212 Å². The number of aromatic nitrogens is 2. The minimum absolute atomic E-state index is 0.904. The van der Waals surface area contributed by atoms with Crippen LogP contribution in [-0.4, -0.2) is 9.38 Å². The Morgan fingerprint density at radius 3 is 1.73 bits per heavy atom. The predicted molar refractivity (Wildman–Crippen MR) is 277 cm³/mol. The van der Waals surface area contributed by atoms with Gasteiger partial charge in [0, 0.05) is 37.0 Å². The Hall–Kier alpha value is -8.38. The molecule has 66 heavy (non-hydrogen) atoms. The zero-order valence-corrected chi connectivity index (χ0v) is 36.2. The monoisotopic (exact) mass is 857 g/mol. The molecule has 306 valence electrons. The Balaban J connectivity index is 0.927.